The van der Waals surface area contributed by atoms with Crippen LogP contribution in [0.4, 0.5) is 11.4 Å². The molecular weight excluding hydrogens is 486 g/mol. The summed E-state index contributed by atoms with van der Waals surface area (Å²) in [6, 6.07) is 25.1. The molecule has 38 heavy (non-hydrogen) atoms. The number of non-ortho nitro benzene ring substituents is 1. The van der Waals surface area contributed by atoms with Crippen molar-refractivity contribution in [1.29, 1.82) is 5.26 Å². The van der Waals surface area contributed by atoms with Crippen LogP contribution in [0.3, 0.4) is 0 Å². The van der Waals surface area contributed by atoms with E-state index in [4.69, 9.17) is 4.74 Å². The van der Waals surface area contributed by atoms with Crippen molar-refractivity contribution in [2.75, 3.05) is 12.4 Å². The topological polar surface area (TPSA) is 132 Å². The lowest BCUT2D eigenvalue weighted by atomic mass is 10.0. The van der Waals surface area contributed by atoms with Crippen LogP contribution >= 0.6 is 0 Å². The quantitative estimate of drug-likeness (QED) is 0.107. The second kappa shape index (κ2) is 11.5. The minimum atomic E-state index is -0.643. The Bertz CT molecular complexity index is 1600. The van der Waals surface area contributed by atoms with E-state index in [1.165, 1.54) is 49.6 Å². The number of hydrogen-bond donors (Lipinski definition) is 1. The van der Waals surface area contributed by atoms with Crippen LogP contribution in [-0.2, 0) is 16.1 Å². The van der Waals surface area contributed by atoms with E-state index in [-0.39, 0.29) is 17.9 Å². The first-order valence-electron chi connectivity index (χ1n) is 11.4. The average Bonchev–Trinajstić information content (AvgIpc) is 2.95. The number of nitriles is 1. The number of carbonyl (C=O) groups is 2. The molecule has 1 N–H and O–H groups in total. The van der Waals surface area contributed by atoms with Gasteiger partial charge in [-0.15, -0.1) is 0 Å². The molecule has 0 unspecified atom stereocenters. The predicted molar refractivity (Wildman–Crippen MR) is 141 cm³/mol. The van der Waals surface area contributed by atoms with Gasteiger partial charge < -0.3 is 14.8 Å². The summed E-state index contributed by atoms with van der Waals surface area (Å²) in [4.78, 5) is 35.2. The largest absolute Gasteiger partial charge is 0.488 e. The molecule has 9 nitrogen and oxygen atoms in total. The fraction of sp³-hybridized carbons (Fsp3) is 0.0690. The minimum absolute atomic E-state index is 0.0431. The Balaban J connectivity index is 1.64. The van der Waals surface area contributed by atoms with Gasteiger partial charge in [0.1, 0.15) is 24.0 Å². The monoisotopic (exact) mass is 507 g/mol. The second-order valence-corrected chi connectivity index (χ2v) is 8.11. The zero-order valence-electron chi connectivity index (χ0n) is 20.2. The van der Waals surface area contributed by atoms with Crippen molar-refractivity contribution >= 4 is 40.1 Å². The van der Waals surface area contributed by atoms with E-state index < -0.39 is 16.8 Å². The van der Waals surface area contributed by atoms with E-state index in [0.717, 1.165) is 10.8 Å². The third kappa shape index (κ3) is 5.83. The lowest BCUT2D eigenvalue weighted by Crippen LogP contribution is -2.13. The molecule has 4 rings (SSSR count). The normalized spacial score (nSPS) is 10.9. The fourth-order valence-corrected chi connectivity index (χ4v) is 3.77. The molecule has 9 heteroatoms. The van der Waals surface area contributed by atoms with E-state index in [0.29, 0.717) is 28.1 Å². The predicted octanol–water partition coefficient (Wildman–Crippen LogP) is 5.66. The second-order valence-electron chi connectivity index (χ2n) is 8.11. The van der Waals surface area contributed by atoms with Gasteiger partial charge in [0.05, 0.1) is 17.6 Å². The molecule has 0 saturated heterocycles. The summed E-state index contributed by atoms with van der Waals surface area (Å²) in [5.74, 6) is -0.747. The van der Waals surface area contributed by atoms with Crippen LogP contribution in [0.5, 0.6) is 5.75 Å². The SMILES string of the molecule is COC(=O)c1ccc(NC(=O)/C(C#N)=C/c2c(OCc3cccc([N+](=O)[O-])c3)ccc3ccccc23)cc1. The number of nitrogens with one attached hydrogen (secondary N) is 1. The van der Waals surface area contributed by atoms with Gasteiger partial charge >= 0.3 is 5.97 Å². The summed E-state index contributed by atoms with van der Waals surface area (Å²) in [6.45, 7) is 0.0431. The Morgan fingerprint density at radius 2 is 1.79 bits per heavy atom. The van der Waals surface area contributed by atoms with E-state index >= 15 is 0 Å². The molecule has 0 aliphatic rings. The van der Waals surface area contributed by atoms with Crippen LogP contribution in [0.1, 0.15) is 21.5 Å². The number of anilines is 1. The molecule has 0 bridgehead atoms. The first-order valence-corrected chi connectivity index (χ1v) is 11.4. The maximum absolute atomic E-state index is 13.0. The Morgan fingerprint density at radius 3 is 2.50 bits per heavy atom. The van der Waals surface area contributed by atoms with Gasteiger partial charge in [-0.3, -0.25) is 14.9 Å². The van der Waals surface area contributed by atoms with Gasteiger partial charge in [0.2, 0.25) is 0 Å². The van der Waals surface area contributed by atoms with E-state index in [1.54, 1.807) is 18.2 Å². The molecular formula is C29H21N3O6. The molecule has 0 atom stereocenters. The molecule has 0 aromatic heterocycles. The number of rotatable bonds is 8. The van der Waals surface area contributed by atoms with Crippen molar-refractivity contribution in [2.45, 2.75) is 6.61 Å². The third-order valence-corrected chi connectivity index (χ3v) is 5.66. The van der Waals surface area contributed by atoms with Gasteiger partial charge in [-0.1, -0.05) is 42.5 Å². The molecule has 0 saturated carbocycles. The molecule has 188 valence electrons. The summed E-state index contributed by atoms with van der Waals surface area (Å²) < 4.78 is 10.7. The van der Waals surface area contributed by atoms with Crippen molar-refractivity contribution in [3.63, 3.8) is 0 Å². The highest BCUT2D eigenvalue weighted by Gasteiger charge is 2.15. The smallest absolute Gasteiger partial charge is 0.337 e. The Kier molecular flexibility index (Phi) is 7.74. The van der Waals surface area contributed by atoms with Crippen molar-refractivity contribution in [2.24, 2.45) is 0 Å². The lowest BCUT2D eigenvalue weighted by molar-refractivity contribution is -0.384. The number of esters is 1. The summed E-state index contributed by atoms with van der Waals surface area (Å²) in [7, 11) is 1.27. The standard InChI is InChI=1S/C29H21N3O6/c1-37-29(34)21-9-12-23(13-10-21)31-28(33)22(17-30)16-26-25-8-3-2-6-20(25)11-14-27(26)38-18-19-5-4-7-24(15-19)32(35)36/h2-16H,18H2,1H3,(H,31,33)/b22-16+. The lowest BCUT2D eigenvalue weighted by Gasteiger charge is -2.13. The fourth-order valence-electron chi connectivity index (χ4n) is 3.77. The molecule has 0 spiro atoms. The maximum atomic E-state index is 13.0. The number of benzene rings is 4. The molecule has 0 fully saturated rings. The van der Waals surface area contributed by atoms with Crippen LogP contribution in [0.25, 0.3) is 16.8 Å². The Hall–Kier alpha value is -5.49. The number of methoxy groups -OCH3 is 1. The average molecular weight is 508 g/mol. The van der Waals surface area contributed by atoms with E-state index in [2.05, 4.69) is 10.1 Å². The van der Waals surface area contributed by atoms with Crippen LogP contribution < -0.4 is 10.1 Å². The summed E-state index contributed by atoms with van der Waals surface area (Å²) in [5, 5.41) is 25.2. The van der Waals surface area contributed by atoms with Crippen molar-refractivity contribution in [3.05, 3.63) is 117 Å². The van der Waals surface area contributed by atoms with Gasteiger partial charge in [0.25, 0.3) is 11.6 Å². The van der Waals surface area contributed by atoms with Crippen LogP contribution in [0.2, 0.25) is 0 Å². The number of nitrogens with zero attached hydrogens (tertiary/aromatic N) is 2. The van der Waals surface area contributed by atoms with E-state index in [1.807, 2.05) is 36.4 Å². The number of ether oxygens (including phenoxy) is 2. The van der Waals surface area contributed by atoms with Crippen molar-refractivity contribution in [3.8, 4) is 11.8 Å². The number of nitro groups is 1. The van der Waals surface area contributed by atoms with Gasteiger partial charge in [0.15, 0.2) is 0 Å². The highest BCUT2D eigenvalue weighted by molar-refractivity contribution is 6.11. The van der Waals surface area contributed by atoms with Gasteiger partial charge in [-0.25, -0.2) is 4.79 Å². The van der Waals surface area contributed by atoms with Gasteiger partial charge in [0, 0.05) is 23.4 Å². The number of fused-ring (bicyclic) bond motifs is 1. The van der Waals surface area contributed by atoms with Crippen LogP contribution in [-0.4, -0.2) is 23.9 Å². The molecule has 0 aliphatic heterocycles. The van der Waals surface area contributed by atoms with E-state index in [9.17, 15) is 25.0 Å². The van der Waals surface area contributed by atoms with Gasteiger partial charge in [-0.05, 0) is 52.7 Å². The minimum Gasteiger partial charge on any atom is -0.488 e. The van der Waals surface area contributed by atoms with Crippen LogP contribution in [0.15, 0.2) is 90.5 Å². The molecule has 0 heterocycles. The number of hydrogen-bond acceptors (Lipinski definition) is 7. The number of nitro benzene ring substituents is 1. The van der Waals surface area contributed by atoms with Gasteiger partial charge in [-0.2, -0.15) is 5.26 Å². The zero-order chi connectivity index (χ0) is 27.1. The third-order valence-electron chi connectivity index (χ3n) is 5.66. The first kappa shape index (κ1) is 25.6. The highest BCUT2D eigenvalue weighted by atomic mass is 16.6. The molecule has 0 aliphatic carbocycles. The Morgan fingerprint density at radius 1 is 1.03 bits per heavy atom. The molecule has 1 amide bonds. The molecule has 4 aromatic carbocycles. The zero-order valence-corrected chi connectivity index (χ0v) is 20.2. The highest BCUT2D eigenvalue weighted by Crippen LogP contribution is 2.31. The summed E-state index contributed by atoms with van der Waals surface area (Å²) >= 11 is 0. The van der Waals surface area contributed by atoms with Crippen molar-refractivity contribution < 1.29 is 24.0 Å². The first-order chi connectivity index (χ1) is 18.4. The maximum Gasteiger partial charge on any atom is 0.337 e. The summed E-state index contributed by atoms with van der Waals surface area (Å²) in [6.07, 6.45) is 1.45. The van der Waals surface area contributed by atoms with Crippen LogP contribution in [0, 0.1) is 21.4 Å². The Labute approximate surface area is 217 Å². The van der Waals surface area contributed by atoms with Crippen molar-refractivity contribution in [1.82, 2.24) is 0 Å². The summed E-state index contributed by atoms with van der Waals surface area (Å²) in [5.41, 5.74) is 1.61. The number of carbonyl (C=O) groups excluding carboxylic acids is 2. The molecule has 0 radical (unpaired) electrons. The number of amides is 1. The molecule has 4 aromatic rings.